The first-order chi connectivity index (χ1) is 11.8. The monoisotopic (exact) mass is 358 g/mol. The van der Waals surface area contributed by atoms with Crippen LogP contribution in [0.2, 0.25) is 0 Å². The quantitative estimate of drug-likeness (QED) is 0.232. The van der Waals surface area contributed by atoms with Crippen LogP contribution >= 0.6 is 0 Å². The molecule has 1 unspecified atom stereocenters. The number of hydrogen-bond donors (Lipinski definition) is 0. The first kappa shape index (κ1) is 18.9. The Morgan fingerprint density at radius 2 is 1.40 bits per heavy atom. The lowest BCUT2D eigenvalue weighted by Crippen LogP contribution is -2.13. The number of rotatable bonds is 5. The van der Waals surface area contributed by atoms with Crippen molar-refractivity contribution in [3.63, 3.8) is 0 Å². The molecule has 0 aliphatic heterocycles. The number of esters is 1. The maximum atomic E-state index is 13.5. The topological polar surface area (TPSA) is 26.3 Å². The third-order valence-electron chi connectivity index (χ3n) is 3.80. The predicted molar refractivity (Wildman–Crippen MR) is 81.0 cm³/mol. The van der Waals surface area contributed by atoms with E-state index in [0.717, 1.165) is 18.4 Å². The molecule has 0 N–H and O–H groups in total. The molecule has 1 atom stereocenters. The van der Waals surface area contributed by atoms with E-state index in [1.54, 1.807) is 12.1 Å². The summed E-state index contributed by atoms with van der Waals surface area (Å²) in [7, 11) is 0. The zero-order valence-electron chi connectivity index (χ0n) is 13.5. The fraction of sp³-hybridized carbons (Fsp3) is 0.278. The molecule has 0 saturated heterocycles. The molecule has 25 heavy (non-hydrogen) atoms. The van der Waals surface area contributed by atoms with E-state index < -0.39 is 40.8 Å². The van der Waals surface area contributed by atoms with Crippen molar-refractivity contribution in [2.24, 2.45) is 0 Å². The lowest BCUT2D eigenvalue weighted by molar-refractivity contribution is 0.0716. The van der Waals surface area contributed by atoms with Crippen LogP contribution in [0.5, 0.6) is 5.75 Å². The van der Waals surface area contributed by atoms with Gasteiger partial charge in [0.25, 0.3) is 0 Å². The minimum atomic E-state index is -2.32. The molecule has 7 heteroatoms. The van der Waals surface area contributed by atoms with Gasteiger partial charge in [-0.1, -0.05) is 32.4 Å². The Morgan fingerprint density at radius 1 is 0.920 bits per heavy atom. The van der Waals surface area contributed by atoms with Gasteiger partial charge in [-0.3, -0.25) is 0 Å². The van der Waals surface area contributed by atoms with Crippen LogP contribution < -0.4 is 4.74 Å². The summed E-state index contributed by atoms with van der Waals surface area (Å²) >= 11 is 0. The summed E-state index contributed by atoms with van der Waals surface area (Å²) in [5, 5.41) is 0. The molecule has 0 fully saturated rings. The summed E-state index contributed by atoms with van der Waals surface area (Å²) in [6.45, 7) is 4.04. The highest BCUT2D eigenvalue weighted by molar-refractivity contribution is 5.91. The SMILES string of the molecule is CCCC(C)c1ccc(C(=O)Oc2c(F)c(F)c(F)c(F)c2F)cc1. The van der Waals surface area contributed by atoms with Gasteiger partial charge in [-0.05, 0) is 30.0 Å². The van der Waals surface area contributed by atoms with Crippen molar-refractivity contribution < 1.29 is 31.5 Å². The van der Waals surface area contributed by atoms with Gasteiger partial charge in [0.15, 0.2) is 0 Å². The molecule has 2 nitrogen and oxygen atoms in total. The molecule has 0 radical (unpaired) electrons. The van der Waals surface area contributed by atoms with Gasteiger partial charge in [0.1, 0.15) is 0 Å². The average molecular weight is 358 g/mol. The van der Waals surface area contributed by atoms with Crippen molar-refractivity contribution in [1.29, 1.82) is 0 Å². The molecule has 134 valence electrons. The van der Waals surface area contributed by atoms with E-state index >= 15 is 0 Å². The average Bonchev–Trinajstić information content (AvgIpc) is 2.62. The number of benzene rings is 2. The number of hydrogen-bond acceptors (Lipinski definition) is 2. The summed E-state index contributed by atoms with van der Waals surface area (Å²) in [6, 6.07) is 6.04. The number of carbonyl (C=O) groups is 1. The summed E-state index contributed by atoms with van der Waals surface area (Å²) in [5.74, 6) is -13.6. The maximum absolute atomic E-state index is 13.5. The fourth-order valence-corrected chi connectivity index (χ4v) is 2.37. The van der Waals surface area contributed by atoms with E-state index in [4.69, 9.17) is 0 Å². The summed E-state index contributed by atoms with van der Waals surface area (Å²) in [4.78, 5) is 11.9. The van der Waals surface area contributed by atoms with Crippen molar-refractivity contribution in [3.8, 4) is 5.75 Å². The van der Waals surface area contributed by atoms with E-state index in [1.165, 1.54) is 12.1 Å². The van der Waals surface area contributed by atoms with Gasteiger partial charge in [0.2, 0.25) is 34.8 Å². The first-order valence-corrected chi connectivity index (χ1v) is 7.61. The molecule has 2 aromatic carbocycles. The molecule has 0 amide bonds. The minimum Gasteiger partial charge on any atom is -0.416 e. The van der Waals surface area contributed by atoms with Crippen LogP contribution in [0.1, 0.15) is 48.5 Å². The van der Waals surface area contributed by atoms with Crippen molar-refractivity contribution >= 4 is 5.97 Å². The normalized spacial score (nSPS) is 12.1. The highest BCUT2D eigenvalue weighted by Gasteiger charge is 2.28. The second kappa shape index (κ2) is 7.63. The number of carbonyl (C=O) groups excluding carboxylic acids is 1. The third kappa shape index (κ3) is 3.81. The van der Waals surface area contributed by atoms with Crippen LogP contribution in [0.15, 0.2) is 24.3 Å². The van der Waals surface area contributed by atoms with Gasteiger partial charge in [-0.15, -0.1) is 0 Å². The molecule has 0 aliphatic carbocycles. The predicted octanol–water partition coefficient (Wildman–Crippen LogP) is 5.50. The summed E-state index contributed by atoms with van der Waals surface area (Å²) < 4.78 is 70.7. The van der Waals surface area contributed by atoms with Crippen LogP contribution in [0.3, 0.4) is 0 Å². The smallest absolute Gasteiger partial charge is 0.343 e. The van der Waals surface area contributed by atoms with E-state index in [9.17, 15) is 26.7 Å². The lowest BCUT2D eigenvalue weighted by atomic mass is 9.96. The maximum Gasteiger partial charge on any atom is 0.343 e. The molecule has 0 spiro atoms. The molecule has 0 saturated carbocycles. The Morgan fingerprint density at radius 3 is 1.88 bits per heavy atom. The Balaban J connectivity index is 2.26. The molecule has 0 aliphatic rings. The van der Waals surface area contributed by atoms with E-state index in [1.807, 2.05) is 13.8 Å². The molecular weight excluding hydrogens is 343 g/mol. The Kier molecular flexibility index (Phi) is 5.77. The van der Waals surface area contributed by atoms with Crippen LogP contribution in [0, 0.1) is 29.1 Å². The van der Waals surface area contributed by atoms with Gasteiger partial charge in [-0.2, -0.15) is 8.78 Å². The number of ether oxygens (including phenoxy) is 1. The van der Waals surface area contributed by atoms with Gasteiger partial charge < -0.3 is 4.74 Å². The van der Waals surface area contributed by atoms with Crippen molar-refractivity contribution in [2.45, 2.75) is 32.6 Å². The second-order valence-corrected chi connectivity index (χ2v) is 5.60. The highest BCUT2D eigenvalue weighted by atomic mass is 19.2. The lowest BCUT2D eigenvalue weighted by Gasteiger charge is -2.12. The third-order valence-corrected chi connectivity index (χ3v) is 3.80. The molecule has 2 rings (SSSR count). The van der Waals surface area contributed by atoms with Gasteiger partial charge in [0, 0.05) is 0 Å². The van der Waals surface area contributed by atoms with Crippen LogP contribution in [0.25, 0.3) is 0 Å². The fourth-order valence-electron chi connectivity index (χ4n) is 2.37. The van der Waals surface area contributed by atoms with Crippen molar-refractivity contribution in [2.75, 3.05) is 0 Å². The Bertz CT molecular complexity index is 758. The molecule has 0 bridgehead atoms. The summed E-state index contributed by atoms with van der Waals surface area (Å²) in [5.41, 5.74) is 0.881. The molecular formula is C18H15F5O2. The van der Waals surface area contributed by atoms with Crippen LogP contribution in [0.4, 0.5) is 22.0 Å². The zero-order valence-corrected chi connectivity index (χ0v) is 13.5. The minimum absolute atomic E-state index is 0.0728. The van der Waals surface area contributed by atoms with E-state index in [0.29, 0.717) is 0 Å². The van der Waals surface area contributed by atoms with Gasteiger partial charge in [-0.25, -0.2) is 18.0 Å². The summed E-state index contributed by atoms with van der Waals surface area (Å²) in [6.07, 6.45) is 1.92. The largest absolute Gasteiger partial charge is 0.416 e. The van der Waals surface area contributed by atoms with E-state index in [2.05, 4.69) is 4.74 Å². The molecule has 0 aromatic heterocycles. The van der Waals surface area contributed by atoms with Crippen LogP contribution in [-0.4, -0.2) is 5.97 Å². The highest BCUT2D eigenvalue weighted by Crippen LogP contribution is 2.30. The zero-order chi connectivity index (χ0) is 18.7. The first-order valence-electron chi connectivity index (χ1n) is 7.61. The Labute approximate surface area is 141 Å². The van der Waals surface area contributed by atoms with Gasteiger partial charge >= 0.3 is 5.97 Å². The standard InChI is InChI=1S/C18H15F5O2/c1-3-4-9(2)10-5-7-11(8-6-10)18(24)25-17-15(22)13(20)12(19)14(21)16(17)23/h5-9H,3-4H2,1-2H3. The van der Waals surface area contributed by atoms with Crippen molar-refractivity contribution in [3.05, 3.63) is 64.5 Å². The Hall–Kier alpha value is -2.44. The molecule has 2 aromatic rings. The van der Waals surface area contributed by atoms with Gasteiger partial charge in [0.05, 0.1) is 5.56 Å². The van der Waals surface area contributed by atoms with E-state index in [-0.39, 0.29) is 11.5 Å². The number of halogens is 5. The van der Waals surface area contributed by atoms with Crippen molar-refractivity contribution in [1.82, 2.24) is 0 Å². The van der Waals surface area contributed by atoms with Crippen LogP contribution in [-0.2, 0) is 0 Å². The second-order valence-electron chi connectivity index (χ2n) is 5.60. The molecule has 0 heterocycles.